The van der Waals surface area contributed by atoms with Crippen LogP contribution in [0.4, 0.5) is 0 Å². The fourth-order valence-corrected chi connectivity index (χ4v) is 14.0. The molecule has 0 N–H and O–H groups in total. The van der Waals surface area contributed by atoms with E-state index in [0.717, 1.165) is 20.7 Å². The Balaban J connectivity index is 2.24. The van der Waals surface area contributed by atoms with Crippen LogP contribution in [0.5, 0.6) is 46.0 Å². The van der Waals surface area contributed by atoms with Crippen molar-refractivity contribution in [3.8, 4) is 46.0 Å². The Morgan fingerprint density at radius 1 is 0.209 bits per heavy atom. The summed E-state index contributed by atoms with van der Waals surface area (Å²) < 4.78 is 61.5. The molecule has 4 aromatic carbocycles. The summed E-state index contributed by atoms with van der Waals surface area (Å²) in [5.41, 5.74) is -3.93. The van der Waals surface area contributed by atoms with Crippen LogP contribution in [0.2, 0.25) is 0 Å². The molecule has 0 atom stereocenters. The van der Waals surface area contributed by atoms with Gasteiger partial charge in [-0.1, -0.05) is 0 Å². The van der Waals surface area contributed by atoms with E-state index in [4.69, 9.17) is 42.0 Å². The van der Waals surface area contributed by atoms with E-state index < -0.39 is 62.9 Å². The average molecular weight is 959 g/mol. The van der Waals surface area contributed by atoms with Crippen LogP contribution < -0.4 is 58.6 Å². The maximum absolute atomic E-state index is 8.11. The van der Waals surface area contributed by atoms with Gasteiger partial charge in [0.1, 0.15) is 90.8 Å². The molecule has 0 fully saturated rings. The Morgan fingerprint density at radius 3 is 0.433 bits per heavy atom. The highest BCUT2D eigenvalue weighted by atomic mass is 28.4. The maximum atomic E-state index is 8.11. The van der Waals surface area contributed by atoms with Gasteiger partial charge < -0.3 is 42.0 Å². The van der Waals surface area contributed by atoms with Gasteiger partial charge >= 0.3 is 0 Å². The van der Waals surface area contributed by atoms with Crippen molar-refractivity contribution in [3.63, 3.8) is 0 Å². The van der Waals surface area contributed by atoms with Gasteiger partial charge in [-0.2, -0.15) is 0 Å². The van der Waals surface area contributed by atoms with Gasteiger partial charge in [0, 0.05) is 24.3 Å². The standard InChI is InChI=1S/C56H86O9Si2/c1-49(2,3)57-37-25-38(58-50(4,5)6)30-45(29-37)66(46-31-39(59-51(7,8)9)26-40(32-46)60-52(10,11)12)65-67(47-33-41(61-53(13,14)15)27-42(34-47)62-54(16,17)18)48-35-43(63-55(19,20)21)28-44(36-48)64-56(22,23)24/h25-36,66-67H,1-24H3. The Bertz CT molecular complexity index is 1820. The van der Waals surface area contributed by atoms with Gasteiger partial charge in [0.25, 0.3) is 0 Å². The van der Waals surface area contributed by atoms with Crippen molar-refractivity contribution < 1.29 is 42.0 Å². The largest absolute Gasteiger partial charge is 0.488 e. The van der Waals surface area contributed by atoms with E-state index in [2.05, 4.69) is 215 Å². The summed E-state index contributed by atoms with van der Waals surface area (Å²) in [6, 6.07) is 24.8. The van der Waals surface area contributed by atoms with E-state index in [9.17, 15) is 0 Å². The number of benzene rings is 4. The fourth-order valence-electron chi connectivity index (χ4n) is 7.12. The Morgan fingerprint density at radius 2 is 0.328 bits per heavy atom. The second kappa shape index (κ2) is 20.0. The SMILES string of the molecule is CC(C)(C)Oc1cc(OC(C)(C)C)cc([SiH](O[SiH](c2cc(OC(C)(C)C)cc(OC(C)(C)C)c2)c2cc(OC(C)(C)C)cc(OC(C)(C)C)c2)c2cc(OC(C)(C)C)cc(OC(C)(C)C)c2)c1. The molecular weight excluding hydrogens is 873 g/mol. The molecule has 0 bridgehead atoms. The van der Waals surface area contributed by atoms with Crippen LogP contribution in [-0.4, -0.2) is 62.9 Å². The minimum atomic E-state index is -2.89. The summed E-state index contributed by atoms with van der Waals surface area (Å²) in [6.07, 6.45) is 0. The molecular formula is C56H86O9Si2. The van der Waals surface area contributed by atoms with Crippen LogP contribution in [0.15, 0.2) is 72.8 Å². The lowest BCUT2D eigenvalue weighted by Crippen LogP contribution is -2.56. The van der Waals surface area contributed by atoms with Crippen LogP contribution in [0, 0.1) is 0 Å². The molecule has 0 radical (unpaired) electrons. The first-order valence-corrected chi connectivity index (χ1v) is 27.1. The van der Waals surface area contributed by atoms with E-state index >= 15 is 0 Å². The van der Waals surface area contributed by atoms with Crippen molar-refractivity contribution in [2.24, 2.45) is 0 Å². The minimum Gasteiger partial charge on any atom is -0.488 e. The smallest absolute Gasteiger partial charge is 0.229 e. The predicted molar refractivity (Wildman–Crippen MR) is 283 cm³/mol. The highest BCUT2D eigenvalue weighted by molar-refractivity contribution is 6.92. The molecule has 4 aromatic rings. The third-order valence-corrected chi connectivity index (χ3v) is 14.4. The van der Waals surface area contributed by atoms with Gasteiger partial charge in [-0.15, -0.1) is 0 Å². The predicted octanol–water partition coefficient (Wildman–Crippen LogP) is 11.5. The maximum Gasteiger partial charge on any atom is 0.229 e. The molecule has 67 heavy (non-hydrogen) atoms. The number of ether oxygens (including phenoxy) is 8. The van der Waals surface area contributed by atoms with E-state index in [1.165, 1.54) is 0 Å². The van der Waals surface area contributed by atoms with Crippen LogP contribution >= 0.6 is 0 Å². The second-order valence-electron chi connectivity index (χ2n) is 25.6. The number of hydrogen-bond donors (Lipinski definition) is 0. The van der Waals surface area contributed by atoms with E-state index in [1.54, 1.807) is 0 Å². The van der Waals surface area contributed by atoms with Gasteiger partial charge in [-0.05, 0) is 235 Å². The molecule has 4 rings (SSSR count). The topological polar surface area (TPSA) is 83.1 Å². The van der Waals surface area contributed by atoms with Crippen molar-refractivity contribution in [1.82, 2.24) is 0 Å². The summed E-state index contributed by atoms with van der Waals surface area (Å²) >= 11 is 0. The number of hydrogen-bond acceptors (Lipinski definition) is 9. The van der Waals surface area contributed by atoms with Gasteiger partial charge in [0.2, 0.25) is 18.1 Å². The lowest BCUT2D eigenvalue weighted by atomic mass is 10.2. The second-order valence-corrected chi connectivity index (χ2v) is 30.8. The van der Waals surface area contributed by atoms with Crippen molar-refractivity contribution in [2.75, 3.05) is 0 Å². The zero-order chi connectivity index (χ0) is 50.9. The Kier molecular flexibility index (Phi) is 16.5. The monoisotopic (exact) mass is 959 g/mol. The third kappa shape index (κ3) is 20.4. The quantitative estimate of drug-likeness (QED) is 0.115. The highest BCUT2D eigenvalue weighted by Gasteiger charge is 2.33. The van der Waals surface area contributed by atoms with E-state index in [1.807, 2.05) is 24.3 Å². The van der Waals surface area contributed by atoms with E-state index in [-0.39, 0.29) is 0 Å². The molecule has 0 heterocycles. The molecule has 0 aliphatic heterocycles. The molecule has 0 saturated carbocycles. The summed E-state index contributed by atoms with van der Waals surface area (Å²) in [5, 5.41) is 3.81. The molecule has 0 amide bonds. The van der Waals surface area contributed by atoms with E-state index in [0.29, 0.717) is 46.0 Å². The van der Waals surface area contributed by atoms with Crippen molar-refractivity contribution in [2.45, 2.75) is 211 Å². The average Bonchev–Trinajstić information content (AvgIpc) is 3.01. The lowest BCUT2D eigenvalue weighted by Gasteiger charge is -2.31. The molecule has 372 valence electrons. The first-order chi connectivity index (χ1) is 30.0. The molecule has 0 spiro atoms. The Labute approximate surface area is 409 Å². The molecule has 0 aliphatic rings. The fraction of sp³-hybridized carbons (Fsp3) is 0.571. The summed E-state index contributed by atoms with van der Waals surface area (Å²) in [7, 11) is -5.77. The minimum absolute atomic E-state index is 0.491. The summed E-state index contributed by atoms with van der Waals surface area (Å²) in [6.45, 7) is 49.2. The van der Waals surface area contributed by atoms with Gasteiger partial charge in [0.05, 0.1) is 0 Å². The zero-order valence-electron chi connectivity index (χ0n) is 45.8. The first-order valence-electron chi connectivity index (χ1n) is 23.8. The summed E-state index contributed by atoms with van der Waals surface area (Å²) in [5.74, 6) is 5.44. The first kappa shape index (κ1) is 55.3. The molecule has 0 aliphatic carbocycles. The summed E-state index contributed by atoms with van der Waals surface area (Å²) in [4.78, 5) is 0. The zero-order valence-corrected chi connectivity index (χ0v) is 48.1. The molecule has 0 unspecified atom stereocenters. The molecule has 0 saturated heterocycles. The van der Waals surface area contributed by atoms with Crippen molar-refractivity contribution >= 4 is 38.8 Å². The van der Waals surface area contributed by atoms with Crippen LogP contribution in [-0.2, 0) is 4.12 Å². The van der Waals surface area contributed by atoms with Crippen molar-refractivity contribution in [3.05, 3.63) is 72.8 Å². The van der Waals surface area contributed by atoms with Crippen LogP contribution in [0.25, 0.3) is 0 Å². The normalized spacial score (nSPS) is 13.4. The highest BCUT2D eigenvalue weighted by Crippen LogP contribution is 2.32. The van der Waals surface area contributed by atoms with Crippen molar-refractivity contribution in [1.29, 1.82) is 0 Å². The molecule has 9 nitrogen and oxygen atoms in total. The molecule has 11 heteroatoms. The van der Waals surface area contributed by atoms with Crippen LogP contribution in [0.1, 0.15) is 166 Å². The van der Waals surface area contributed by atoms with Gasteiger partial charge in [-0.3, -0.25) is 0 Å². The lowest BCUT2D eigenvalue weighted by molar-refractivity contribution is 0.120. The Hall–Kier alpha value is -4.33. The van der Waals surface area contributed by atoms with Gasteiger partial charge in [-0.25, -0.2) is 0 Å². The van der Waals surface area contributed by atoms with Gasteiger partial charge in [0.15, 0.2) is 0 Å². The van der Waals surface area contributed by atoms with Crippen LogP contribution in [0.3, 0.4) is 0 Å². The number of rotatable bonds is 14. The molecule has 0 aromatic heterocycles. The third-order valence-electron chi connectivity index (χ3n) is 8.48.